The summed E-state index contributed by atoms with van der Waals surface area (Å²) in [6.45, 7) is 3.88. The Morgan fingerprint density at radius 1 is 1.25 bits per heavy atom. The molecule has 0 radical (unpaired) electrons. The monoisotopic (exact) mass is 225 g/mol. The molecular weight excluding hydrogens is 202 g/mol. The van der Waals surface area contributed by atoms with Gasteiger partial charge < -0.3 is 16.0 Å². The van der Waals surface area contributed by atoms with Gasteiger partial charge in [-0.25, -0.2) is 0 Å². The summed E-state index contributed by atoms with van der Waals surface area (Å²) in [5, 5.41) is 3.19. The largest absolute Gasteiger partial charge is 0.353 e. The van der Waals surface area contributed by atoms with Crippen LogP contribution in [-0.4, -0.2) is 43.0 Å². The van der Waals surface area contributed by atoms with Gasteiger partial charge in [0.05, 0.1) is 0 Å². The van der Waals surface area contributed by atoms with Gasteiger partial charge in [0.2, 0.25) is 5.91 Å². The van der Waals surface area contributed by atoms with Crippen LogP contribution in [0.25, 0.3) is 0 Å². The Morgan fingerprint density at radius 3 is 2.44 bits per heavy atom. The molecule has 1 heterocycles. The van der Waals surface area contributed by atoms with E-state index in [1.165, 1.54) is 6.42 Å². The lowest BCUT2D eigenvalue weighted by Gasteiger charge is -2.34. The van der Waals surface area contributed by atoms with Crippen molar-refractivity contribution >= 4 is 5.91 Å². The Bertz CT molecular complexity index is 232. The van der Waals surface area contributed by atoms with Crippen LogP contribution in [0, 0.1) is 5.92 Å². The van der Waals surface area contributed by atoms with Crippen LogP contribution in [0.1, 0.15) is 32.1 Å². The molecule has 1 saturated carbocycles. The van der Waals surface area contributed by atoms with E-state index in [0.717, 1.165) is 51.9 Å². The maximum Gasteiger partial charge on any atom is 0.223 e. The molecule has 4 heteroatoms. The Kier molecular flexibility index (Phi) is 4.18. The molecule has 4 nitrogen and oxygen atoms in total. The van der Waals surface area contributed by atoms with E-state index in [0.29, 0.717) is 17.9 Å². The summed E-state index contributed by atoms with van der Waals surface area (Å²) in [4.78, 5) is 14.1. The van der Waals surface area contributed by atoms with Gasteiger partial charge in [-0.05, 0) is 25.7 Å². The van der Waals surface area contributed by atoms with Gasteiger partial charge in [0.15, 0.2) is 0 Å². The molecular formula is C12H23N3O. The van der Waals surface area contributed by atoms with E-state index in [2.05, 4.69) is 10.2 Å². The average molecular weight is 225 g/mol. The van der Waals surface area contributed by atoms with E-state index in [1.54, 1.807) is 0 Å². The number of hydrogen-bond donors (Lipinski definition) is 2. The maximum absolute atomic E-state index is 11.8. The van der Waals surface area contributed by atoms with Gasteiger partial charge in [-0.2, -0.15) is 0 Å². The highest BCUT2D eigenvalue weighted by atomic mass is 16.2. The summed E-state index contributed by atoms with van der Waals surface area (Å²) in [6, 6.07) is 0.405. The zero-order valence-electron chi connectivity index (χ0n) is 9.95. The number of nitrogens with two attached hydrogens (primary N) is 1. The lowest BCUT2D eigenvalue weighted by molar-refractivity contribution is -0.128. The van der Waals surface area contributed by atoms with Crippen molar-refractivity contribution in [3.8, 4) is 0 Å². The zero-order chi connectivity index (χ0) is 11.4. The number of carbonyl (C=O) groups is 1. The number of nitrogens with one attached hydrogen (secondary N) is 1. The van der Waals surface area contributed by atoms with Crippen molar-refractivity contribution in [1.82, 2.24) is 10.2 Å². The molecule has 0 unspecified atom stereocenters. The molecule has 2 aliphatic rings. The number of hydrogen-bond acceptors (Lipinski definition) is 3. The highest BCUT2D eigenvalue weighted by Gasteiger charge is 2.28. The fourth-order valence-electron chi connectivity index (χ4n) is 2.47. The van der Waals surface area contributed by atoms with E-state index in [-0.39, 0.29) is 0 Å². The second-order valence-corrected chi connectivity index (χ2v) is 5.04. The Hall–Kier alpha value is -0.610. The molecule has 3 N–H and O–H groups in total. The molecule has 16 heavy (non-hydrogen) atoms. The first-order valence-corrected chi connectivity index (χ1v) is 6.52. The Balaban J connectivity index is 1.66. The van der Waals surface area contributed by atoms with E-state index >= 15 is 0 Å². The predicted octanol–water partition coefficient (Wildman–Crippen LogP) is 0.326. The molecule has 0 bridgehead atoms. The highest BCUT2D eigenvalue weighted by Crippen LogP contribution is 2.26. The first-order valence-electron chi connectivity index (χ1n) is 6.52. The van der Waals surface area contributed by atoms with E-state index in [9.17, 15) is 4.79 Å². The third-order valence-electron chi connectivity index (χ3n) is 3.86. The molecule has 2 rings (SSSR count). The fourth-order valence-corrected chi connectivity index (χ4v) is 2.47. The summed E-state index contributed by atoms with van der Waals surface area (Å²) in [5.41, 5.74) is 5.53. The molecule has 0 aromatic carbocycles. The van der Waals surface area contributed by atoms with Gasteiger partial charge >= 0.3 is 0 Å². The summed E-state index contributed by atoms with van der Waals surface area (Å²) in [7, 11) is 0. The van der Waals surface area contributed by atoms with Crippen LogP contribution in [0.2, 0.25) is 0 Å². The average Bonchev–Trinajstić information content (AvgIpc) is 2.18. The molecule has 2 fully saturated rings. The summed E-state index contributed by atoms with van der Waals surface area (Å²) in [5.74, 6) is 0.616. The molecule has 1 aliphatic carbocycles. The van der Waals surface area contributed by atoms with Gasteiger partial charge in [0.25, 0.3) is 0 Å². The third-order valence-corrected chi connectivity index (χ3v) is 3.86. The minimum Gasteiger partial charge on any atom is -0.353 e. The van der Waals surface area contributed by atoms with Crippen molar-refractivity contribution in [2.45, 2.75) is 38.1 Å². The van der Waals surface area contributed by atoms with Gasteiger partial charge in [-0.3, -0.25) is 4.79 Å². The van der Waals surface area contributed by atoms with E-state index in [4.69, 9.17) is 5.73 Å². The lowest BCUT2D eigenvalue weighted by Crippen LogP contribution is -2.48. The minimum atomic E-state index is 0.295. The molecule has 0 aromatic heterocycles. The summed E-state index contributed by atoms with van der Waals surface area (Å²) in [6.07, 6.45) is 5.58. The van der Waals surface area contributed by atoms with Crippen LogP contribution >= 0.6 is 0 Å². The Morgan fingerprint density at radius 2 is 1.94 bits per heavy atom. The molecule has 0 spiro atoms. The van der Waals surface area contributed by atoms with Crippen LogP contribution in [0.4, 0.5) is 0 Å². The van der Waals surface area contributed by atoms with Crippen molar-refractivity contribution in [3.05, 3.63) is 0 Å². The van der Waals surface area contributed by atoms with E-state index in [1.807, 2.05) is 0 Å². The maximum atomic E-state index is 11.8. The van der Waals surface area contributed by atoms with Crippen molar-refractivity contribution in [2.75, 3.05) is 26.2 Å². The standard InChI is InChI=1S/C12H23N3O/c13-6-9-15-7-4-11(5-8-15)14-12(16)10-2-1-3-10/h10-11H,1-9,13H2,(H,14,16). The van der Waals surface area contributed by atoms with E-state index < -0.39 is 0 Å². The van der Waals surface area contributed by atoms with Crippen LogP contribution in [0.3, 0.4) is 0 Å². The molecule has 92 valence electrons. The first kappa shape index (κ1) is 11.9. The SMILES string of the molecule is NCCN1CCC(NC(=O)C2CCC2)CC1. The quantitative estimate of drug-likeness (QED) is 0.725. The van der Waals surface area contributed by atoms with Gasteiger partial charge in [0.1, 0.15) is 0 Å². The molecule has 1 aliphatic heterocycles. The van der Waals surface area contributed by atoms with Crippen LogP contribution in [-0.2, 0) is 4.79 Å². The normalized spacial score (nSPS) is 24.1. The number of nitrogens with zero attached hydrogens (tertiary/aromatic N) is 1. The molecule has 1 amide bonds. The van der Waals surface area contributed by atoms with Crippen molar-refractivity contribution in [2.24, 2.45) is 11.7 Å². The summed E-state index contributed by atoms with van der Waals surface area (Å²) < 4.78 is 0. The smallest absolute Gasteiger partial charge is 0.223 e. The van der Waals surface area contributed by atoms with Crippen LogP contribution in [0.15, 0.2) is 0 Å². The van der Waals surface area contributed by atoms with Gasteiger partial charge in [-0.15, -0.1) is 0 Å². The lowest BCUT2D eigenvalue weighted by atomic mass is 9.84. The van der Waals surface area contributed by atoms with Crippen LogP contribution < -0.4 is 11.1 Å². The highest BCUT2D eigenvalue weighted by molar-refractivity contribution is 5.79. The number of carbonyl (C=O) groups excluding carboxylic acids is 1. The molecule has 0 atom stereocenters. The van der Waals surface area contributed by atoms with Crippen molar-refractivity contribution < 1.29 is 4.79 Å². The number of amides is 1. The molecule has 0 aromatic rings. The second kappa shape index (κ2) is 5.64. The number of likely N-dealkylation sites (tertiary alicyclic amines) is 1. The summed E-state index contributed by atoms with van der Waals surface area (Å²) >= 11 is 0. The minimum absolute atomic E-state index is 0.295. The third kappa shape index (κ3) is 2.95. The zero-order valence-corrected chi connectivity index (χ0v) is 9.95. The van der Waals surface area contributed by atoms with Crippen LogP contribution in [0.5, 0.6) is 0 Å². The van der Waals surface area contributed by atoms with Gasteiger partial charge in [-0.1, -0.05) is 6.42 Å². The predicted molar refractivity (Wildman–Crippen MR) is 64.0 cm³/mol. The second-order valence-electron chi connectivity index (χ2n) is 5.04. The number of piperidine rings is 1. The number of rotatable bonds is 4. The van der Waals surface area contributed by atoms with Gasteiger partial charge in [0, 0.05) is 38.1 Å². The topological polar surface area (TPSA) is 58.4 Å². The first-order chi connectivity index (χ1) is 7.79. The Labute approximate surface area is 97.6 Å². The van der Waals surface area contributed by atoms with Crippen molar-refractivity contribution in [3.63, 3.8) is 0 Å². The fraction of sp³-hybridized carbons (Fsp3) is 0.917. The van der Waals surface area contributed by atoms with Crippen molar-refractivity contribution in [1.29, 1.82) is 0 Å². The molecule has 1 saturated heterocycles.